The van der Waals surface area contributed by atoms with Gasteiger partial charge in [-0.1, -0.05) is 31.5 Å². The molecule has 0 fully saturated rings. The molecule has 0 bridgehead atoms. The average molecular weight is 292 g/mol. The van der Waals surface area contributed by atoms with Crippen LogP contribution in [0.25, 0.3) is 0 Å². The Morgan fingerprint density at radius 1 is 1.29 bits per heavy atom. The number of likely N-dealkylation sites (N-methyl/N-ethyl adjacent to an activating group) is 1. The van der Waals surface area contributed by atoms with Crippen molar-refractivity contribution in [2.24, 2.45) is 0 Å². The number of aryl methyl sites for hydroxylation is 1. The maximum Gasteiger partial charge on any atom is 0.123 e. The van der Waals surface area contributed by atoms with Crippen LogP contribution < -0.4 is 10.1 Å². The lowest BCUT2D eigenvalue weighted by atomic mass is 10.0. The van der Waals surface area contributed by atoms with E-state index in [1.807, 2.05) is 0 Å². The third-order valence-corrected chi connectivity index (χ3v) is 4.22. The van der Waals surface area contributed by atoms with Crippen LogP contribution in [0.5, 0.6) is 5.75 Å². The van der Waals surface area contributed by atoms with Gasteiger partial charge >= 0.3 is 0 Å². The summed E-state index contributed by atoms with van der Waals surface area (Å²) in [6, 6.07) is 7.33. The maximum absolute atomic E-state index is 5.57. The Kier molecular flexibility index (Phi) is 7.76. The van der Waals surface area contributed by atoms with Gasteiger partial charge in [-0.3, -0.25) is 0 Å². The molecule has 2 unspecified atom stereocenters. The number of hydrogen-bond acceptors (Lipinski definition) is 3. The minimum atomic E-state index is 0.304. The van der Waals surface area contributed by atoms with Crippen molar-refractivity contribution < 1.29 is 4.74 Å². The van der Waals surface area contributed by atoms with E-state index in [0.29, 0.717) is 12.1 Å². The van der Waals surface area contributed by atoms with Gasteiger partial charge in [0.15, 0.2) is 0 Å². The molecule has 21 heavy (non-hydrogen) atoms. The largest absolute Gasteiger partial charge is 0.496 e. The van der Waals surface area contributed by atoms with Crippen molar-refractivity contribution in [2.45, 2.75) is 52.6 Å². The Hall–Kier alpha value is -1.06. The molecule has 0 amide bonds. The Bertz CT molecular complexity index is 420. The van der Waals surface area contributed by atoms with Crippen molar-refractivity contribution in [1.29, 1.82) is 0 Å². The highest BCUT2D eigenvalue weighted by Crippen LogP contribution is 2.27. The van der Waals surface area contributed by atoms with E-state index in [-0.39, 0.29) is 0 Å². The molecule has 0 saturated heterocycles. The highest BCUT2D eigenvalue weighted by Gasteiger charge is 2.19. The number of benzene rings is 1. The molecule has 1 rings (SSSR count). The maximum atomic E-state index is 5.57. The molecular formula is C18H32N2O. The summed E-state index contributed by atoms with van der Waals surface area (Å²) in [5.74, 6) is 0.978. The summed E-state index contributed by atoms with van der Waals surface area (Å²) in [5.41, 5.74) is 2.54. The molecule has 0 spiro atoms. The molecule has 0 aliphatic heterocycles. The summed E-state index contributed by atoms with van der Waals surface area (Å²) >= 11 is 0. The van der Waals surface area contributed by atoms with Gasteiger partial charge in [0.1, 0.15) is 5.75 Å². The number of nitrogens with zero attached hydrogens (tertiary/aromatic N) is 1. The van der Waals surface area contributed by atoms with Gasteiger partial charge in [-0.25, -0.2) is 0 Å². The Balaban J connectivity index is 2.98. The number of methoxy groups -OCH3 is 1. The lowest BCUT2D eigenvalue weighted by Crippen LogP contribution is -2.38. The fourth-order valence-electron chi connectivity index (χ4n) is 2.50. The molecule has 1 N–H and O–H groups in total. The van der Waals surface area contributed by atoms with Crippen LogP contribution in [0.3, 0.4) is 0 Å². The van der Waals surface area contributed by atoms with Gasteiger partial charge in [0.25, 0.3) is 0 Å². The van der Waals surface area contributed by atoms with E-state index in [1.54, 1.807) is 7.11 Å². The van der Waals surface area contributed by atoms with E-state index in [1.165, 1.54) is 17.5 Å². The molecular weight excluding hydrogens is 260 g/mol. The molecule has 1 aromatic carbocycles. The SMILES string of the molecule is CCCNC(CN(C)C(C)CC)c1cc(C)ccc1OC. The summed E-state index contributed by atoms with van der Waals surface area (Å²) < 4.78 is 5.57. The van der Waals surface area contributed by atoms with E-state index in [0.717, 1.165) is 25.3 Å². The average Bonchev–Trinajstić information content (AvgIpc) is 2.50. The summed E-state index contributed by atoms with van der Waals surface area (Å²) in [4.78, 5) is 2.43. The Labute approximate surface area is 130 Å². The molecule has 0 radical (unpaired) electrons. The van der Waals surface area contributed by atoms with Gasteiger partial charge in [0.2, 0.25) is 0 Å². The molecule has 0 saturated carbocycles. The standard InChI is InChI=1S/C18H32N2O/c1-7-11-19-17(13-20(5)15(4)8-2)16-12-14(3)9-10-18(16)21-6/h9-10,12,15,17,19H,7-8,11,13H2,1-6H3. The van der Waals surface area contributed by atoms with Gasteiger partial charge in [-0.15, -0.1) is 0 Å². The van der Waals surface area contributed by atoms with E-state index < -0.39 is 0 Å². The van der Waals surface area contributed by atoms with Crippen LogP contribution in [0.15, 0.2) is 18.2 Å². The topological polar surface area (TPSA) is 24.5 Å². The second kappa shape index (κ2) is 9.06. The number of hydrogen-bond donors (Lipinski definition) is 1. The molecule has 120 valence electrons. The molecule has 1 aromatic rings. The first-order valence-corrected chi connectivity index (χ1v) is 8.11. The van der Waals surface area contributed by atoms with Gasteiger partial charge in [0, 0.05) is 24.2 Å². The number of ether oxygens (including phenoxy) is 1. The normalized spacial score (nSPS) is 14.2. The fraction of sp³-hybridized carbons (Fsp3) is 0.667. The molecule has 0 aliphatic rings. The first-order valence-electron chi connectivity index (χ1n) is 8.11. The van der Waals surface area contributed by atoms with Crippen LogP contribution >= 0.6 is 0 Å². The van der Waals surface area contributed by atoms with Crippen molar-refractivity contribution in [2.75, 3.05) is 27.2 Å². The second-order valence-electron chi connectivity index (χ2n) is 5.95. The van der Waals surface area contributed by atoms with Crippen LogP contribution in [-0.4, -0.2) is 38.2 Å². The van der Waals surface area contributed by atoms with Crippen LogP contribution in [0.2, 0.25) is 0 Å². The summed E-state index contributed by atoms with van der Waals surface area (Å²) in [6.07, 6.45) is 2.31. The first-order chi connectivity index (χ1) is 10.0. The van der Waals surface area contributed by atoms with Crippen LogP contribution in [0.4, 0.5) is 0 Å². The molecule has 0 heterocycles. The molecule has 0 aliphatic carbocycles. The number of rotatable bonds is 9. The van der Waals surface area contributed by atoms with E-state index in [2.05, 4.69) is 63.2 Å². The van der Waals surface area contributed by atoms with Crippen molar-refractivity contribution in [3.63, 3.8) is 0 Å². The Morgan fingerprint density at radius 3 is 2.57 bits per heavy atom. The highest BCUT2D eigenvalue weighted by atomic mass is 16.5. The first kappa shape index (κ1) is 18.0. The number of nitrogens with one attached hydrogen (secondary N) is 1. The lowest BCUT2D eigenvalue weighted by molar-refractivity contribution is 0.222. The zero-order valence-corrected chi connectivity index (χ0v) is 14.6. The van der Waals surface area contributed by atoms with Crippen LogP contribution in [-0.2, 0) is 0 Å². The van der Waals surface area contributed by atoms with Gasteiger partial charge < -0.3 is 15.0 Å². The molecule has 0 aromatic heterocycles. The van der Waals surface area contributed by atoms with E-state index in [4.69, 9.17) is 4.74 Å². The minimum absolute atomic E-state index is 0.304. The third-order valence-electron chi connectivity index (χ3n) is 4.22. The van der Waals surface area contributed by atoms with E-state index >= 15 is 0 Å². The van der Waals surface area contributed by atoms with Gasteiger partial charge in [0.05, 0.1) is 7.11 Å². The summed E-state index contributed by atoms with van der Waals surface area (Å²) in [7, 11) is 3.96. The zero-order chi connectivity index (χ0) is 15.8. The fourth-order valence-corrected chi connectivity index (χ4v) is 2.50. The van der Waals surface area contributed by atoms with Gasteiger partial charge in [-0.05, 0) is 46.3 Å². The monoisotopic (exact) mass is 292 g/mol. The van der Waals surface area contributed by atoms with Crippen LogP contribution in [0.1, 0.15) is 50.8 Å². The smallest absolute Gasteiger partial charge is 0.123 e. The zero-order valence-electron chi connectivity index (χ0n) is 14.6. The predicted octanol–water partition coefficient (Wildman–Crippen LogP) is 3.77. The predicted molar refractivity (Wildman–Crippen MR) is 91.1 cm³/mol. The Morgan fingerprint density at radius 2 is 2.00 bits per heavy atom. The molecule has 3 nitrogen and oxygen atoms in total. The summed E-state index contributed by atoms with van der Waals surface area (Å²) in [6.45, 7) is 10.9. The third kappa shape index (κ3) is 5.33. The van der Waals surface area contributed by atoms with Crippen molar-refractivity contribution in [3.05, 3.63) is 29.3 Å². The highest BCUT2D eigenvalue weighted by molar-refractivity contribution is 5.39. The molecule has 2 atom stereocenters. The van der Waals surface area contributed by atoms with E-state index in [9.17, 15) is 0 Å². The molecule has 3 heteroatoms. The minimum Gasteiger partial charge on any atom is -0.496 e. The van der Waals surface area contributed by atoms with Gasteiger partial charge in [-0.2, -0.15) is 0 Å². The van der Waals surface area contributed by atoms with Crippen molar-refractivity contribution in [3.8, 4) is 5.75 Å². The van der Waals surface area contributed by atoms with Crippen LogP contribution in [0, 0.1) is 6.92 Å². The van der Waals surface area contributed by atoms with Crippen molar-refractivity contribution in [1.82, 2.24) is 10.2 Å². The van der Waals surface area contributed by atoms with Crippen molar-refractivity contribution >= 4 is 0 Å². The quantitative estimate of drug-likeness (QED) is 0.750. The summed E-state index contributed by atoms with van der Waals surface area (Å²) in [5, 5.41) is 3.68. The second-order valence-corrected chi connectivity index (χ2v) is 5.95. The lowest BCUT2D eigenvalue weighted by Gasteiger charge is -2.30.